The first-order valence-corrected chi connectivity index (χ1v) is 10.0. The van der Waals surface area contributed by atoms with Crippen LogP contribution in [0, 0.1) is 6.92 Å². The third kappa shape index (κ3) is 4.90. The van der Waals surface area contributed by atoms with Gasteiger partial charge < -0.3 is 19.5 Å². The average molecular weight is 393 g/mol. The van der Waals surface area contributed by atoms with E-state index >= 15 is 0 Å². The van der Waals surface area contributed by atoms with Crippen LogP contribution in [0.4, 0.5) is 0 Å². The molecule has 1 aromatic heterocycles. The molecule has 0 amide bonds. The summed E-state index contributed by atoms with van der Waals surface area (Å²) in [5.41, 5.74) is 4.35. The van der Waals surface area contributed by atoms with Crippen LogP contribution < -0.4 is 19.5 Å². The second-order valence-electron chi connectivity index (χ2n) is 7.23. The van der Waals surface area contributed by atoms with Crippen molar-refractivity contribution < 1.29 is 14.2 Å². The summed E-state index contributed by atoms with van der Waals surface area (Å²) in [7, 11) is 1.94. The van der Waals surface area contributed by atoms with E-state index in [1.165, 1.54) is 5.56 Å². The Balaban J connectivity index is 1.37. The first-order chi connectivity index (χ1) is 14.2. The van der Waals surface area contributed by atoms with Gasteiger partial charge in [-0.05, 0) is 37.3 Å². The van der Waals surface area contributed by atoms with Gasteiger partial charge in [0.2, 0.25) is 0 Å². The molecular weight excluding hydrogens is 366 g/mol. The lowest BCUT2D eigenvalue weighted by Gasteiger charge is -2.10. The van der Waals surface area contributed by atoms with Gasteiger partial charge in [-0.15, -0.1) is 0 Å². The molecule has 2 aromatic carbocycles. The predicted molar refractivity (Wildman–Crippen MR) is 113 cm³/mol. The highest BCUT2D eigenvalue weighted by molar-refractivity contribution is 5.66. The lowest BCUT2D eigenvalue weighted by Crippen LogP contribution is -2.20. The van der Waals surface area contributed by atoms with Crippen molar-refractivity contribution in [3.63, 3.8) is 0 Å². The van der Waals surface area contributed by atoms with Crippen molar-refractivity contribution in [1.29, 1.82) is 0 Å². The van der Waals surface area contributed by atoms with Crippen molar-refractivity contribution in [3.05, 3.63) is 59.8 Å². The molecule has 6 heteroatoms. The number of fused-ring (bicyclic) bond motifs is 1. The molecule has 29 heavy (non-hydrogen) atoms. The molecule has 4 rings (SSSR count). The minimum Gasteiger partial charge on any atom is -0.492 e. The maximum Gasteiger partial charge on any atom is 0.161 e. The molecule has 0 spiro atoms. The fourth-order valence-electron chi connectivity index (χ4n) is 3.32. The van der Waals surface area contributed by atoms with Crippen LogP contribution in [0.2, 0.25) is 0 Å². The zero-order valence-corrected chi connectivity index (χ0v) is 17.0. The van der Waals surface area contributed by atoms with E-state index < -0.39 is 0 Å². The number of rotatable bonds is 7. The lowest BCUT2D eigenvalue weighted by atomic mass is 10.1. The van der Waals surface area contributed by atoms with Crippen LogP contribution >= 0.6 is 0 Å². The number of nitrogens with zero attached hydrogens (tertiary/aromatic N) is 2. The van der Waals surface area contributed by atoms with Gasteiger partial charge in [0.25, 0.3) is 0 Å². The third-order valence-electron chi connectivity index (χ3n) is 4.81. The van der Waals surface area contributed by atoms with Gasteiger partial charge in [-0.3, -0.25) is 4.68 Å². The largest absolute Gasteiger partial charge is 0.492 e. The van der Waals surface area contributed by atoms with E-state index in [1.807, 2.05) is 48.3 Å². The SMILES string of the molecule is Cc1ccc(OCCNCc2cn(C)nc2-c2ccc3c(c2)OCCCO3)cc1. The molecule has 0 atom stereocenters. The molecule has 2 heterocycles. The van der Waals surface area contributed by atoms with Crippen molar-refractivity contribution in [2.45, 2.75) is 19.9 Å². The minimum absolute atomic E-state index is 0.614. The first-order valence-electron chi connectivity index (χ1n) is 10.0. The van der Waals surface area contributed by atoms with Crippen molar-refractivity contribution >= 4 is 0 Å². The highest BCUT2D eigenvalue weighted by Gasteiger charge is 2.15. The zero-order valence-electron chi connectivity index (χ0n) is 17.0. The summed E-state index contributed by atoms with van der Waals surface area (Å²) < 4.78 is 19.2. The van der Waals surface area contributed by atoms with Crippen molar-refractivity contribution in [2.24, 2.45) is 7.05 Å². The highest BCUT2D eigenvalue weighted by Crippen LogP contribution is 2.34. The van der Waals surface area contributed by atoms with E-state index in [1.54, 1.807) is 0 Å². The molecule has 0 bridgehead atoms. The maximum absolute atomic E-state index is 5.83. The number of aryl methyl sites for hydroxylation is 2. The molecular formula is C23H27N3O3. The molecule has 0 fully saturated rings. The topological polar surface area (TPSA) is 57.5 Å². The van der Waals surface area contributed by atoms with Crippen LogP contribution in [0.15, 0.2) is 48.7 Å². The van der Waals surface area contributed by atoms with Gasteiger partial charge in [0.1, 0.15) is 12.4 Å². The molecule has 0 saturated carbocycles. The molecule has 0 saturated heterocycles. The minimum atomic E-state index is 0.614. The summed E-state index contributed by atoms with van der Waals surface area (Å²) >= 11 is 0. The van der Waals surface area contributed by atoms with E-state index in [0.717, 1.165) is 53.6 Å². The van der Waals surface area contributed by atoms with Gasteiger partial charge in [0, 0.05) is 43.9 Å². The Bertz CT molecular complexity index is 951. The second kappa shape index (κ2) is 9.01. The summed E-state index contributed by atoms with van der Waals surface area (Å²) in [4.78, 5) is 0. The van der Waals surface area contributed by atoms with E-state index in [4.69, 9.17) is 14.2 Å². The summed E-state index contributed by atoms with van der Waals surface area (Å²) in [5.74, 6) is 2.48. The molecule has 152 valence electrons. The number of benzene rings is 2. The van der Waals surface area contributed by atoms with Gasteiger partial charge in [0.15, 0.2) is 11.5 Å². The molecule has 1 N–H and O–H groups in total. The van der Waals surface area contributed by atoms with Crippen LogP contribution in [-0.2, 0) is 13.6 Å². The fraction of sp³-hybridized carbons (Fsp3) is 0.348. The predicted octanol–water partition coefficient (Wildman–Crippen LogP) is 3.73. The normalized spacial score (nSPS) is 13.2. The zero-order chi connectivity index (χ0) is 20.1. The Morgan fingerprint density at radius 3 is 2.69 bits per heavy atom. The smallest absolute Gasteiger partial charge is 0.161 e. The second-order valence-corrected chi connectivity index (χ2v) is 7.23. The number of hydrogen-bond acceptors (Lipinski definition) is 5. The Labute approximate surface area is 171 Å². The molecule has 0 aliphatic carbocycles. The quantitative estimate of drug-likeness (QED) is 0.620. The number of nitrogens with one attached hydrogen (secondary N) is 1. The highest BCUT2D eigenvalue weighted by atomic mass is 16.5. The van der Waals surface area contributed by atoms with Gasteiger partial charge >= 0.3 is 0 Å². The third-order valence-corrected chi connectivity index (χ3v) is 4.81. The summed E-state index contributed by atoms with van der Waals surface area (Å²) in [6, 6.07) is 14.1. The van der Waals surface area contributed by atoms with Crippen LogP contribution in [-0.4, -0.2) is 36.1 Å². The molecule has 0 unspecified atom stereocenters. The van der Waals surface area contributed by atoms with Crippen molar-refractivity contribution in [2.75, 3.05) is 26.4 Å². The average Bonchev–Trinajstić information content (AvgIpc) is 2.94. The Morgan fingerprint density at radius 2 is 1.86 bits per heavy atom. The van der Waals surface area contributed by atoms with Gasteiger partial charge in [-0.25, -0.2) is 0 Å². The van der Waals surface area contributed by atoms with E-state index in [-0.39, 0.29) is 0 Å². The summed E-state index contributed by atoms with van der Waals surface area (Å²) in [6.07, 6.45) is 2.94. The van der Waals surface area contributed by atoms with E-state index in [2.05, 4.69) is 29.5 Å². The molecule has 0 radical (unpaired) electrons. The molecule has 1 aliphatic rings. The maximum atomic E-state index is 5.83. The van der Waals surface area contributed by atoms with Crippen LogP contribution in [0.3, 0.4) is 0 Å². The first kappa shape index (κ1) is 19.3. The Morgan fingerprint density at radius 1 is 1.07 bits per heavy atom. The monoisotopic (exact) mass is 393 g/mol. The summed E-state index contributed by atoms with van der Waals surface area (Å²) in [6.45, 7) is 5.52. The number of ether oxygens (including phenoxy) is 3. The van der Waals surface area contributed by atoms with Crippen LogP contribution in [0.5, 0.6) is 17.2 Å². The van der Waals surface area contributed by atoms with Gasteiger partial charge in [-0.1, -0.05) is 17.7 Å². The van der Waals surface area contributed by atoms with Gasteiger partial charge in [0.05, 0.1) is 18.9 Å². The number of aromatic nitrogens is 2. The van der Waals surface area contributed by atoms with Crippen molar-refractivity contribution in [3.8, 4) is 28.5 Å². The van der Waals surface area contributed by atoms with E-state index in [0.29, 0.717) is 19.8 Å². The Kier molecular flexibility index (Phi) is 6.00. The Hall–Kier alpha value is -2.99. The van der Waals surface area contributed by atoms with Crippen molar-refractivity contribution in [1.82, 2.24) is 15.1 Å². The van der Waals surface area contributed by atoms with Crippen LogP contribution in [0.1, 0.15) is 17.5 Å². The van der Waals surface area contributed by atoms with Gasteiger partial charge in [-0.2, -0.15) is 5.10 Å². The molecule has 1 aliphatic heterocycles. The molecule has 3 aromatic rings. The lowest BCUT2D eigenvalue weighted by molar-refractivity contribution is 0.297. The van der Waals surface area contributed by atoms with Crippen LogP contribution in [0.25, 0.3) is 11.3 Å². The van der Waals surface area contributed by atoms with E-state index in [9.17, 15) is 0 Å². The molecule has 6 nitrogen and oxygen atoms in total. The number of hydrogen-bond donors (Lipinski definition) is 1. The standard InChI is InChI=1S/C23H27N3O3/c1-17-4-7-20(8-5-17)27-13-10-24-15-19-16-26(2)25-23(19)18-6-9-21-22(14-18)29-12-3-11-28-21/h4-9,14,16,24H,3,10-13,15H2,1-2H3. The summed E-state index contributed by atoms with van der Waals surface area (Å²) in [5, 5.41) is 8.10. The fourth-order valence-corrected chi connectivity index (χ4v) is 3.32.